The molecule has 0 atom stereocenters. The first-order valence-electron chi connectivity index (χ1n) is 11.6. The average Bonchev–Trinajstić information content (AvgIpc) is 3.32. The molecule has 0 bridgehead atoms. The first-order chi connectivity index (χ1) is 17.4. The van der Waals surface area contributed by atoms with E-state index in [1.54, 1.807) is 42.5 Å². The molecule has 1 aliphatic rings. The van der Waals surface area contributed by atoms with E-state index in [0.717, 1.165) is 19.8 Å². The molecule has 36 heavy (non-hydrogen) atoms. The van der Waals surface area contributed by atoms with Crippen molar-refractivity contribution in [3.05, 3.63) is 82.8 Å². The van der Waals surface area contributed by atoms with Crippen LogP contribution in [0.5, 0.6) is 0 Å². The zero-order valence-corrected chi connectivity index (χ0v) is 22.9. The van der Waals surface area contributed by atoms with E-state index in [0.29, 0.717) is 44.0 Å². The lowest BCUT2D eigenvalue weighted by molar-refractivity contribution is 0.0746. The van der Waals surface area contributed by atoms with Crippen molar-refractivity contribution in [3.63, 3.8) is 0 Å². The summed E-state index contributed by atoms with van der Waals surface area (Å²) < 4.78 is 30.0. The van der Waals surface area contributed by atoms with Crippen LogP contribution in [-0.4, -0.2) is 56.9 Å². The van der Waals surface area contributed by atoms with Gasteiger partial charge in [0.2, 0.25) is 0 Å². The molecule has 0 radical (unpaired) electrons. The van der Waals surface area contributed by atoms with Gasteiger partial charge in [-0.1, -0.05) is 45.5 Å². The van der Waals surface area contributed by atoms with Crippen LogP contribution in [-0.2, 0) is 10.0 Å². The maximum absolute atomic E-state index is 13.2. The number of hydrogen-bond donors (Lipinski definition) is 0. The number of nitrogens with zero attached hydrogens (tertiary/aromatic N) is 4. The number of thiazole rings is 1. The molecule has 10 heteroatoms. The average molecular weight is 586 g/mol. The van der Waals surface area contributed by atoms with Gasteiger partial charge in [0.1, 0.15) is 0 Å². The van der Waals surface area contributed by atoms with Crippen molar-refractivity contribution >= 4 is 64.2 Å². The molecular weight excluding hydrogens is 560 g/mol. The van der Waals surface area contributed by atoms with Gasteiger partial charge in [0, 0.05) is 42.8 Å². The Balaban J connectivity index is 1.26. The number of piperazine rings is 1. The van der Waals surface area contributed by atoms with Crippen LogP contribution in [0.2, 0.25) is 0 Å². The standard InChI is InChI=1S/C26H25BrN4O3S2/c1-2-31(21-6-4-3-5-7-21)36(33,34)22-11-8-19(9-12-22)25(32)29-14-16-30(17-15-29)26-28-23-13-10-20(27)18-24(23)35-26/h3-13,18H,2,14-17H2,1H3. The quantitative estimate of drug-likeness (QED) is 0.310. The predicted octanol–water partition coefficient (Wildman–Crippen LogP) is 5.24. The van der Waals surface area contributed by atoms with Crippen LogP contribution < -0.4 is 9.21 Å². The van der Waals surface area contributed by atoms with Gasteiger partial charge in [-0.15, -0.1) is 0 Å². The summed E-state index contributed by atoms with van der Waals surface area (Å²) in [6.07, 6.45) is 0. The Labute approximate surface area is 223 Å². The van der Waals surface area contributed by atoms with Gasteiger partial charge in [-0.3, -0.25) is 9.10 Å². The third kappa shape index (κ3) is 4.85. The first kappa shape index (κ1) is 24.7. The molecule has 7 nitrogen and oxygen atoms in total. The number of sulfonamides is 1. The second kappa shape index (κ2) is 10.2. The summed E-state index contributed by atoms with van der Waals surface area (Å²) in [4.78, 5) is 22.0. The minimum atomic E-state index is -3.73. The van der Waals surface area contributed by atoms with E-state index in [1.165, 1.54) is 16.4 Å². The molecule has 0 unspecified atom stereocenters. The van der Waals surface area contributed by atoms with Gasteiger partial charge in [0.05, 0.1) is 20.8 Å². The van der Waals surface area contributed by atoms with E-state index in [4.69, 9.17) is 4.98 Å². The first-order valence-corrected chi connectivity index (χ1v) is 14.7. The van der Waals surface area contributed by atoms with Crippen LogP contribution in [0.4, 0.5) is 10.8 Å². The summed E-state index contributed by atoms with van der Waals surface area (Å²) in [5, 5.41) is 0.962. The van der Waals surface area contributed by atoms with Crippen LogP contribution in [0, 0.1) is 0 Å². The Morgan fingerprint density at radius 3 is 2.36 bits per heavy atom. The lowest BCUT2D eigenvalue weighted by Gasteiger charge is -2.34. The molecule has 2 heterocycles. The van der Waals surface area contributed by atoms with Gasteiger partial charge in [-0.25, -0.2) is 13.4 Å². The fourth-order valence-electron chi connectivity index (χ4n) is 4.29. The number of hydrogen-bond acceptors (Lipinski definition) is 6. The molecule has 3 aromatic carbocycles. The van der Waals surface area contributed by atoms with E-state index in [-0.39, 0.29) is 10.8 Å². The number of rotatable bonds is 6. The molecule has 0 aliphatic carbocycles. The highest BCUT2D eigenvalue weighted by molar-refractivity contribution is 9.10. The maximum atomic E-state index is 13.2. The Bertz CT molecular complexity index is 1480. The van der Waals surface area contributed by atoms with E-state index in [9.17, 15) is 13.2 Å². The highest BCUT2D eigenvalue weighted by atomic mass is 79.9. The molecule has 1 fully saturated rings. The Hall–Kier alpha value is -2.95. The smallest absolute Gasteiger partial charge is 0.264 e. The van der Waals surface area contributed by atoms with Crippen LogP contribution in [0.1, 0.15) is 17.3 Å². The van der Waals surface area contributed by atoms with Crippen LogP contribution in [0.3, 0.4) is 0 Å². The highest BCUT2D eigenvalue weighted by Crippen LogP contribution is 2.31. The molecule has 0 spiro atoms. The number of fused-ring (bicyclic) bond motifs is 1. The molecular formula is C26H25BrN4O3S2. The van der Waals surface area contributed by atoms with Crippen molar-refractivity contribution in [1.29, 1.82) is 0 Å². The second-order valence-electron chi connectivity index (χ2n) is 8.42. The van der Waals surface area contributed by atoms with Crippen LogP contribution in [0.15, 0.2) is 82.2 Å². The van der Waals surface area contributed by atoms with Crippen molar-refractivity contribution in [3.8, 4) is 0 Å². The zero-order valence-electron chi connectivity index (χ0n) is 19.7. The van der Waals surface area contributed by atoms with Gasteiger partial charge in [0.25, 0.3) is 15.9 Å². The third-order valence-corrected chi connectivity index (χ3v) is 9.69. The Morgan fingerprint density at radius 1 is 1.00 bits per heavy atom. The number of halogens is 1. The molecule has 186 valence electrons. The largest absolute Gasteiger partial charge is 0.345 e. The number of para-hydroxylation sites is 1. The number of carbonyl (C=O) groups excluding carboxylic acids is 1. The summed E-state index contributed by atoms with van der Waals surface area (Å²) in [7, 11) is -3.73. The zero-order chi connectivity index (χ0) is 25.3. The molecule has 1 aromatic heterocycles. The third-order valence-electron chi connectivity index (χ3n) is 6.20. The Morgan fingerprint density at radius 2 is 1.69 bits per heavy atom. The molecule has 5 rings (SSSR count). The van der Waals surface area contributed by atoms with Gasteiger partial charge in [-0.2, -0.15) is 0 Å². The van der Waals surface area contributed by atoms with Gasteiger partial charge >= 0.3 is 0 Å². The highest BCUT2D eigenvalue weighted by Gasteiger charge is 2.26. The molecule has 1 saturated heterocycles. The SMILES string of the molecule is CCN(c1ccccc1)S(=O)(=O)c1ccc(C(=O)N2CCN(c3nc4ccc(Br)cc4s3)CC2)cc1. The number of anilines is 2. The molecule has 1 amide bonds. The number of carbonyl (C=O) groups is 1. The summed E-state index contributed by atoms with van der Waals surface area (Å²) in [6.45, 7) is 4.66. The summed E-state index contributed by atoms with van der Waals surface area (Å²) in [5.41, 5.74) is 2.06. The number of benzene rings is 3. The lowest BCUT2D eigenvalue weighted by atomic mass is 10.2. The van der Waals surface area contributed by atoms with Crippen molar-refractivity contribution in [1.82, 2.24) is 9.88 Å². The topological polar surface area (TPSA) is 73.8 Å². The lowest BCUT2D eigenvalue weighted by Crippen LogP contribution is -2.48. The van der Waals surface area contributed by atoms with Crippen molar-refractivity contribution in [2.75, 3.05) is 41.9 Å². The minimum Gasteiger partial charge on any atom is -0.345 e. The van der Waals surface area contributed by atoms with Gasteiger partial charge in [0.15, 0.2) is 5.13 Å². The molecule has 0 N–H and O–H groups in total. The van der Waals surface area contributed by atoms with Gasteiger partial charge < -0.3 is 9.80 Å². The molecule has 0 saturated carbocycles. The van der Waals surface area contributed by atoms with Crippen molar-refractivity contribution in [2.45, 2.75) is 11.8 Å². The summed E-state index contributed by atoms with van der Waals surface area (Å²) in [6, 6.07) is 21.3. The fourth-order valence-corrected chi connectivity index (χ4v) is 7.33. The summed E-state index contributed by atoms with van der Waals surface area (Å²) in [5.74, 6) is -0.0952. The van der Waals surface area contributed by atoms with Crippen molar-refractivity contribution in [2.24, 2.45) is 0 Å². The molecule has 4 aromatic rings. The van der Waals surface area contributed by atoms with Gasteiger partial charge in [-0.05, 0) is 61.5 Å². The number of amides is 1. The second-order valence-corrected chi connectivity index (χ2v) is 12.2. The normalized spacial score (nSPS) is 14.3. The fraction of sp³-hybridized carbons (Fsp3) is 0.231. The molecule has 1 aliphatic heterocycles. The predicted molar refractivity (Wildman–Crippen MR) is 149 cm³/mol. The van der Waals surface area contributed by atoms with E-state index < -0.39 is 10.0 Å². The Kier molecular flexibility index (Phi) is 7.00. The minimum absolute atomic E-state index is 0.0952. The maximum Gasteiger partial charge on any atom is 0.264 e. The van der Waals surface area contributed by atoms with Crippen LogP contribution >= 0.6 is 27.3 Å². The number of aromatic nitrogens is 1. The monoisotopic (exact) mass is 584 g/mol. The van der Waals surface area contributed by atoms with E-state index in [2.05, 4.69) is 26.9 Å². The van der Waals surface area contributed by atoms with Crippen molar-refractivity contribution < 1.29 is 13.2 Å². The van der Waals surface area contributed by atoms with E-state index in [1.807, 2.05) is 35.2 Å². The summed E-state index contributed by atoms with van der Waals surface area (Å²) >= 11 is 5.16. The van der Waals surface area contributed by atoms with Crippen LogP contribution in [0.25, 0.3) is 10.2 Å². The van der Waals surface area contributed by atoms with E-state index >= 15 is 0 Å².